The molecular weight excluding hydrogens is 308 g/mol. The lowest BCUT2D eigenvalue weighted by Crippen LogP contribution is -2.27. The van der Waals surface area contributed by atoms with Crippen LogP contribution in [0.4, 0.5) is 5.69 Å². The van der Waals surface area contributed by atoms with E-state index in [1.807, 2.05) is 6.07 Å². The van der Waals surface area contributed by atoms with Crippen LogP contribution in [0.3, 0.4) is 0 Å². The highest BCUT2D eigenvalue weighted by atomic mass is 16.5. The first kappa shape index (κ1) is 17.1. The van der Waals surface area contributed by atoms with Crippen LogP contribution < -0.4 is 10.6 Å². The maximum absolute atomic E-state index is 12.3. The summed E-state index contributed by atoms with van der Waals surface area (Å²) < 4.78 is 4.86. The predicted octanol–water partition coefficient (Wildman–Crippen LogP) is 1.58. The van der Waals surface area contributed by atoms with Crippen LogP contribution in [0.15, 0.2) is 42.6 Å². The number of hydrogen-bond acceptors (Lipinski definition) is 5. The Labute approximate surface area is 139 Å². The zero-order valence-electron chi connectivity index (χ0n) is 13.1. The fourth-order valence-electron chi connectivity index (χ4n) is 1.94. The molecule has 0 spiro atoms. The van der Waals surface area contributed by atoms with Gasteiger partial charge in [0.2, 0.25) is 0 Å². The van der Waals surface area contributed by atoms with Crippen LogP contribution in [0, 0.1) is 11.3 Å². The summed E-state index contributed by atoms with van der Waals surface area (Å²) in [4.78, 5) is 28.2. The fourth-order valence-corrected chi connectivity index (χ4v) is 1.94. The summed E-state index contributed by atoms with van der Waals surface area (Å²) in [5, 5.41) is 14.3. The molecular formula is C17H16N4O3. The number of methoxy groups -OCH3 is 1. The number of carbonyl (C=O) groups is 2. The summed E-state index contributed by atoms with van der Waals surface area (Å²) in [6.45, 7) is 0.768. The summed E-state index contributed by atoms with van der Waals surface area (Å²) in [7, 11) is 1.54. The van der Waals surface area contributed by atoms with Gasteiger partial charge < -0.3 is 15.4 Å². The zero-order valence-corrected chi connectivity index (χ0v) is 13.1. The van der Waals surface area contributed by atoms with E-state index in [1.54, 1.807) is 31.4 Å². The third-order valence-corrected chi connectivity index (χ3v) is 3.14. The lowest BCUT2D eigenvalue weighted by Gasteiger charge is -2.08. The van der Waals surface area contributed by atoms with Crippen molar-refractivity contribution in [2.24, 2.45) is 0 Å². The molecule has 2 N–H and O–H groups in total. The quantitative estimate of drug-likeness (QED) is 0.785. The normalized spacial score (nSPS) is 9.83. The Morgan fingerprint density at radius 1 is 1.25 bits per heavy atom. The topological polar surface area (TPSA) is 104 Å². The maximum Gasteiger partial charge on any atom is 0.274 e. The van der Waals surface area contributed by atoms with Crippen molar-refractivity contribution in [2.75, 3.05) is 25.6 Å². The highest BCUT2D eigenvalue weighted by Gasteiger charge is 2.13. The molecule has 0 fully saturated rings. The van der Waals surface area contributed by atoms with E-state index in [-0.39, 0.29) is 11.6 Å². The predicted molar refractivity (Wildman–Crippen MR) is 87.6 cm³/mol. The molecule has 24 heavy (non-hydrogen) atoms. The van der Waals surface area contributed by atoms with Gasteiger partial charge in [-0.2, -0.15) is 5.26 Å². The average molecular weight is 324 g/mol. The molecule has 7 heteroatoms. The smallest absolute Gasteiger partial charge is 0.274 e. The molecule has 2 rings (SSSR count). The van der Waals surface area contributed by atoms with E-state index in [1.165, 1.54) is 18.3 Å². The summed E-state index contributed by atoms with van der Waals surface area (Å²) in [6, 6.07) is 11.6. The molecule has 0 saturated heterocycles. The van der Waals surface area contributed by atoms with Crippen molar-refractivity contribution in [2.45, 2.75) is 0 Å². The van der Waals surface area contributed by atoms with Crippen molar-refractivity contribution in [3.63, 3.8) is 0 Å². The summed E-state index contributed by atoms with van der Waals surface area (Å²) >= 11 is 0. The van der Waals surface area contributed by atoms with Crippen molar-refractivity contribution in [3.8, 4) is 6.07 Å². The van der Waals surface area contributed by atoms with Gasteiger partial charge in [0, 0.05) is 25.4 Å². The van der Waals surface area contributed by atoms with Crippen molar-refractivity contribution >= 4 is 17.5 Å². The van der Waals surface area contributed by atoms with Crippen molar-refractivity contribution in [1.29, 1.82) is 5.26 Å². The Hall–Kier alpha value is -3.24. The van der Waals surface area contributed by atoms with E-state index in [9.17, 15) is 9.59 Å². The first-order valence-electron chi connectivity index (χ1n) is 7.19. The van der Waals surface area contributed by atoms with Crippen LogP contribution in [-0.4, -0.2) is 37.1 Å². The first-order valence-corrected chi connectivity index (χ1v) is 7.19. The summed E-state index contributed by atoms with van der Waals surface area (Å²) in [5.41, 5.74) is 1.14. The Morgan fingerprint density at radius 3 is 2.79 bits per heavy atom. The number of amides is 2. The molecule has 2 amide bonds. The van der Waals surface area contributed by atoms with Gasteiger partial charge in [-0.15, -0.1) is 0 Å². The Morgan fingerprint density at radius 2 is 2.04 bits per heavy atom. The van der Waals surface area contributed by atoms with E-state index in [0.29, 0.717) is 30.0 Å². The summed E-state index contributed by atoms with van der Waals surface area (Å²) in [6.07, 6.45) is 1.39. The second-order valence-corrected chi connectivity index (χ2v) is 4.79. The number of nitrogens with zero attached hydrogens (tertiary/aromatic N) is 2. The van der Waals surface area contributed by atoms with Crippen molar-refractivity contribution in [3.05, 3.63) is 59.4 Å². The number of hydrogen-bond donors (Lipinski definition) is 2. The van der Waals surface area contributed by atoms with E-state index in [2.05, 4.69) is 15.6 Å². The highest BCUT2D eigenvalue weighted by Crippen LogP contribution is 2.14. The van der Waals surface area contributed by atoms with Crippen LogP contribution in [0.25, 0.3) is 0 Å². The monoisotopic (exact) mass is 324 g/mol. The standard InChI is InChI=1S/C17H16N4O3/c1-24-9-8-20-16(22)12-6-7-19-15(10-12)17(23)21-14-5-3-2-4-13(14)11-18/h2-7,10H,8-9H2,1H3,(H,20,22)(H,21,23). The van der Waals surface area contributed by atoms with Gasteiger partial charge in [0.1, 0.15) is 11.8 Å². The second-order valence-electron chi connectivity index (χ2n) is 4.79. The van der Waals surface area contributed by atoms with E-state index >= 15 is 0 Å². The van der Waals surface area contributed by atoms with Crippen LogP contribution in [0.1, 0.15) is 26.4 Å². The van der Waals surface area contributed by atoms with Crippen molar-refractivity contribution in [1.82, 2.24) is 10.3 Å². The number of benzene rings is 1. The fraction of sp³-hybridized carbons (Fsp3) is 0.176. The third-order valence-electron chi connectivity index (χ3n) is 3.14. The molecule has 122 valence electrons. The van der Waals surface area contributed by atoms with Gasteiger partial charge in [0.25, 0.3) is 11.8 Å². The number of ether oxygens (including phenoxy) is 1. The molecule has 2 aromatic rings. The summed E-state index contributed by atoms with van der Waals surface area (Å²) in [5.74, 6) is -0.815. The number of anilines is 1. The average Bonchev–Trinajstić information content (AvgIpc) is 2.62. The zero-order chi connectivity index (χ0) is 17.4. The van der Waals surface area contributed by atoms with E-state index in [4.69, 9.17) is 10.00 Å². The van der Waals surface area contributed by atoms with Crippen molar-refractivity contribution < 1.29 is 14.3 Å². The molecule has 0 unspecified atom stereocenters. The van der Waals surface area contributed by atoms with Gasteiger partial charge in [-0.05, 0) is 24.3 Å². The molecule has 0 radical (unpaired) electrons. The Kier molecular flexibility index (Phi) is 6.00. The largest absolute Gasteiger partial charge is 0.383 e. The molecule has 0 aliphatic carbocycles. The van der Waals surface area contributed by atoms with Crippen LogP contribution in [0.2, 0.25) is 0 Å². The number of nitrogens with one attached hydrogen (secondary N) is 2. The van der Waals surface area contributed by atoms with Gasteiger partial charge in [-0.1, -0.05) is 12.1 Å². The highest BCUT2D eigenvalue weighted by molar-refractivity contribution is 6.05. The molecule has 0 bridgehead atoms. The molecule has 0 saturated carbocycles. The minimum absolute atomic E-state index is 0.0853. The molecule has 1 aromatic carbocycles. The van der Waals surface area contributed by atoms with Gasteiger partial charge >= 0.3 is 0 Å². The number of carbonyl (C=O) groups excluding carboxylic acids is 2. The van der Waals surface area contributed by atoms with Gasteiger partial charge in [-0.3, -0.25) is 14.6 Å². The Bertz CT molecular complexity index is 783. The molecule has 1 heterocycles. The number of aromatic nitrogens is 1. The van der Waals surface area contributed by atoms with Gasteiger partial charge in [0.05, 0.1) is 17.9 Å². The van der Waals surface area contributed by atoms with E-state index < -0.39 is 5.91 Å². The second kappa shape index (κ2) is 8.41. The first-order chi connectivity index (χ1) is 11.7. The number of pyridine rings is 1. The lowest BCUT2D eigenvalue weighted by atomic mass is 10.1. The maximum atomic E-state index is 12.3. The molecule has 1 aromatic heterocycles. The lowest BCUT2D eigenvalue weighted by molar-refractivity contribution is 0.0937. The van der Waals surface area contributed by atoms with E-state index in [0.717, 1.165) is 0 Å². The minimum atomic E-state index is -0.496. The van der Waals surface area contributed by atoms with Crippen LogP contribution in [-0.2, 0) is 4.74 Å². The van der Waals surface area contributed by atoms with Gasteiger partial charge in [0.15, 0.2) is 0 Å². The minimum Gasteiger partial charge on any atom is -0.383 e. The number of nitriles is 1. The number of rotatable bonds is 6. The third kappa shape index (κ3) is 4.38. The molecule has 0 aliphatic heterocycles. The number of para-hydroxylation sites is 1. The molecule has 7 nitrogen and oxygen atoms in total. The SMILES string of the molecule is COCCNC(=O)c1ccnc(C(=O)Nc2ccccc2C#N)c1. The molecule has 0 atom stereocenters. The van der Waals surface area contributed by atoms with Gasteiger partial charge in [-0.25, -0.2) is 0 Å². The molecule has 0 aliphatic rings. The van der Waals surface area contributed by atoms with Crippen LogP contribution >= 0.6 is 0 Å². The van der Waals surface area contributed by atoms with Crippen LogP contribution in [0.5, 0.6) is 0 Å². The Balaban J connectivity index is 2.12.